The van der Waals surface area contributed by atoms with Crippen LogP contribution in [0.25, 0.3) is 11.6 Å². The van der Waals surface area contributed by atoms with Gasteiger partial charge in [0, 0.05) is 23.6 Å². The van der Waals surface area contributed by atoms with Gasteiger partial charge in [-0.05, 0) is 37.4 Å². The highest BCUT2D eigenvalue weighted by atomic mass is 32.2. The lowest BCUT2D eigenvalue weighted by atomic mass is 10.3. The summed E-state index contributed by atoms with van der Waals surface area (Å²) in [5, 5.41) is 12.2. The molecular formula is C18H20N4O2S2. The summed E-state index contributed by atoms with van der Waals surface area (Å²) in [6.07, 6.45) is 4.02. The highest BCUT2D eigenvalue weighted by molar-refractivity contribution is 7.99. The smallest absolute Gasteiger partial charge is 0.225 e. The summed E-state index contributed by atoms with van der Waals surface area (Å²) in [5.41, 5.74) is 0.854. The van der Waals surface area contributed by atoms with Gasteiger partial charge in [0.15, 0.2) is 16.7 Å². The molecule has 26 heavy (non-hydrogen) atoms. The molecule has 8 heteroatoms. The predicted octanol–water partition coefficient (Wildman–Crippen LogP) is 4.40. The molecule has 0 aliphatic rings. The first kappa shape index (κ1) is 18.6. The fourth-order valence-corrected chi connectivity index (χ4v) is 3.96. The summed E-state index contributed by atoms with van der Waals surface area (Å²) in [6.45, 7) is 2.77. The maximum absolute atomic E-state index is 12.2. The standard InChI is InChI=1S/C18H20N4O2S2/c1-3-22-17(14-8-6-11-24-14)20-21-18(22)26-12-10-16(23)19-13-7-4-5-9-15(13)25-2/h4-9,11H,3,10,12H2,1-2H3,(H,19,23). The Kier molecular flexibility index (Phi) is 6.40. The predicted molar refractivity (Wildman–Crippen MR) is 106 cm³/mol. The third-order valence-corrected chi connectivity index (χ3v) is 5.48. The molecule has 6 nitrogen and oxygen atoms in total. The normalized spacial score (nSPS) is 10.8. The molecule has 0 spiro atoms. The Morgan fingerprint density at radius 2 is 2.08 bits per heavy atom. The summed E-state index contributed by atoms with van der Waals surface area (Å²) in [4.78, 5) is 13.3. The van der Waals surface area contributed by atoms with Crippen LogP contribution < -0.4 is 5.32 Å². The molecule has 0 aliphatic heterocycles. The topological polar surface area (TPSA) is 73.0 Å². The molecule has 0 atom stereocenters. The minimum absolute atomic E-state index is 0.00665. The van der Waals surface area contributed by atoms with Gasteiger partial charge in [-0.25, -0.2) is 0 Å². The molecular weight excluding hydrogens is 368 g/mol. The fourth-order valence-electron chi connectivity index (χ4n) is 2.46. The Hall–Kier alpha value is -2.19. The van der Waals surface area contributed by atoms with Gasteiger partial charge in [-0.1, -0.05) is 23.9 Å². The first-order valence-electron chi connectivity index (χ1n) is 8.25. The molecule has 3 aromatic rings. The largest absolute Gasteiger partial charge is 0.461 e. The van der Waals surface area contributed by atoms with E-state index in [-0.39, 0.29) is 5.91 Å². The van der Waals surface area contributed by atoms with Crippen molar-refractivity contribution in [1.82, 2.24) is 14.8 Å². The zero-order valence-corrected chi connectivity index (χ0v) is 16.3. The number of rotatable bonds is 8. The Morgan fingerprint density at radius 3 is 2.81 bits per heavy atom. The molecule has 2 aromatic heterocycles. The minimum Gasteiger partial charge on any atom is -0.461 e. The molecule has 0 fully saturated rings. The van der Waals surface area contributed by atoms with Crippen molar-refractivity contribution >= 4 is 35.1 Å². The van der Waals surface area contributed by atoms with Crippen LogP contribution in [0, 0.1) is 0 Å². The van der Waals surface area contributed by atoms with Gasteiger partial charge in [0.2, 0.25) is 5.91 Å². The van der Waals surface area contributed by atoms with Crippen molar-refractivity contribution in [2.45, 2.75) is 29.9 Å². The molecule has 1 amide bonds. The van der Waals surface area contributed by atoms with Crippen molar-refractivity contribution < 1.29 is 9.21 Å². The van der Waals surface area contributed by atoms with Gasteiger partial charge in [0.1, 0.15) is 0 Å². The molecule has 3 rings (SSSR count). The van der Waals surface area contributed by atoms with Gasteiger partial charge >= 0.3 is 0 Å². The average molecular weight is 389 g/mol. The van der Waals surface area contributed by atoms with E-state index in [2.05, 4.69) is 15.5 Å². The van der Waals surface area contributed by atoms with Crippen LogP contribution in [0.4, 0.5) is 5.69 Å². The van der Waals surface area contributed by atoms with E-state index in [1.54, 1.807) is 18.0 Å². The molecule has 0 saturated carbocycles. The molecule has 0 bridgehead atoms. The summed E-state index contributed by atoms with van der Waals surface area (Å²) < 4.78 is 7.40. The van der Waals surface area contributed by atoms with E-state index in [0.29, 0.717) is 23.8 Å². The van der Waals surface area contributed by atoms with Crippen LogP contribution in [-0.2, 0) is 11.3 Å². The van der Waals surface area contributed by atoms with E-state index >= 15 is 0 Å². The van der Waals surface area contributed by atoms with Crippen LogP contribution in [-0.4, -0.2) is 32.7 Å². The van der Waals surface area contributed by atoms with Gasteiger partial charge in [0.05, 0.1) is 12.0 Å². The molecule has 136 valence electrons. The van der Waals surface area contributed by atoms with Crippen LogP contribution in [0.2, 0.25) is 0 Å². The number of carbonyl (C=O) groups excluding carboxylic acids is 1. The highest BCUT2D eigenvalue weighted by Gasteiger charge is 2.15. The summed E-state index contributed by atoms with van der Waals surface area (Å²) in [7, 11) is 0. The van der Waals surface area contributed by atoms with E-state index in [4.69, 9.17) is 4.42 Å². The number of thioether (sulfide) groups is 2. The average Bonchev–Trinajstić information content (AvgIpc) is 3.31. The van der Waals surface area contributed by atoms with E-state index < -0.39 is 0 Å². The first-order chi connectivity index (χ1) is 12.7. The van der Waals surface area contributed by atoms with Gasteiger partial charge in [-0.2, -0.15) is 0 Å². The number of furan rings is 1. The molecule has 2 heterocycles. The summed E-state index contributed by atoms with van der Waals surface area (Å²) >= 11 is 3.13. The molecule has 1 N–H and O–H groups in total. The number of amides is 1. The van der Waals surface area contributed by atoms with Crippen molar-refractivity contribution in [3.63, 3.8) is 0 Å². The Morgan fingerprint density at radius 1 is 1.23 bits per heavy atom. The van der Waals surface area contributed by atoms with Crippen molar-refractivity contribution in [3.8, 4) is 11.6 Å². The molecule has 1 aromatic carbocycles. The number of nitrogens with zero attached hydrogens (tertiary/aromatic N) is 3. The van der Waals surface area contributed by atoms with E-state index in [9.17, 15) is 4.79 Å². The number of benzene rings is 1. The quantitative estimate of drug-likeness (QED) is 0.577. The lowest BCUT2D eigenvalue weighted by Gasteiger charge is -2.09. The number of carbonyl (C=O) groups is 1. The molecule has 0 aliphatic carbocycles. The first-order valence-corrected chi connectivity index (χ1v) is 10.5. The Labute approximate surface area is 160 Å². The highest BCUT2D eigenvalue weighted by Crippen LogP contribution is 2.26. The fraction of sp³-hybridized carbons (Fsp3) is 0.278. The minimum atomic E-state index is -0.00665. The van der Waals surface area contributed by atoms with Crippen LogP contribution in [0.15, 0.2) is 57.1 Å². The third kappa shape index (κ3) is 4.31. The van der Waals surface area contributed by atoms with Crippen molar-refractivity contribution in [2.75, 3.05) is 17.3 Å². The second kappa shape index (κ2) is 8.95. The maximum Gasteiger partial charge on any atom is 0.225 e. The number of para-hydroxylation sites is 1. The van der Waals surface area contributed by atoms with Gasteiger partial charge in [-0.15, -0.1) is 22.0 Å². The monoisotopic (exact) mass is 388 g/mol. The van der Waals surface area contributed by atoms with Crippen molar-refractivity contribution in [2.24, 2.45) is 0 Å². The SMILES string of the molecule is CCn1c(SCCC(=O)Nc2ccccc2SC)nnc1-c1ccco1. The molecule has 0 radical (unpaired) electrons. The van der Waals surface area contributed by atoms with Crippen LogP contribution in [0.5, 0.6) is 0 Å². The lowest BCUT2D eigenvalue weighted by molar-refractivity contribution is -0.115. The lowest BCUT2D eigenvalue weighted by Crippen LogP contribution is -2.13. The third-order valence-electron chi connectivity index (χ3n) is 3.72. The number of hydrogen-bond donors (Lipinski definition) is 1. The van der Waals surface area contributed by atoms with Crippen LogP contribution in [0.3, 0.4) is 0 Å². The Balaban J connectivity index is 1.57. The second-order valence-electron chi connectivity index (χ2n) is 5.37. The Bertz CT molecular complexity index is 862. The van der Waals surface area contributed by atoms with E-state index in [1.165, 1.54) is 11.8 Å². The van der Waals surface area contributed by atoms with Crippen LogP contribution in [0.1, 0.15) is 13.3 Å². The molecule has 0 saturated heterocycles. The summed E-state index contributed by atoms with van der Waals surface area (Å²) in [6, 6.07) is 11.5. The van der Waals surface area contributed by atoms with E-state index in [0.717, 1.165) is 22.3 Å². The zero-order chi connectivity index (χ0) is 18.4. The number of aromatic nitrogens is 3. The number of nitrogens with one attached hydrogen (secondary N) is 1. The van der Waals surface area contributed by atoms with Crippen molar-refractivity contribution in [3.05, 3.63) is 42.7 Å². The number of anilines is 1. The maximum atomic E-state index is 12.2. The molecule has 0 unspecified atom stereocenters. The van der Waals surface area contributed by atoms with Gasteiger partial charge in [0.25, 0.3) is 0 Å². The van der Waals surface area contributed by atoms with E-state index in [1.807, 2.05) is 54.1 Å². The van der Waals surface area contributed by atoms with Gasteiger partial charge in [-0.3, -0.25) is 9.36 Å². The number of hydrogen-bond acceptors (Lipinski definition) is 6. The second-order valence-corrected chi connectivity index (χ2v) is 7.28. The zero-order valence-electron chi connectivity index (χ0n) is 14.6. The summed E-state index contributed by atoms with van der Waals surface area (Å²) in [5.74, 6) is 2.02. The van der Waals surface area contributed by atoms with Gasteiger partial charge < -0.3 is 9.73 Å². The van der Waals surface area contributed by atoms with Crippen LogP contribution >= 0.6 is 23.5 Å². The van der Waals surface area contributed by atoms with Crippen molar-refractivity contribution in [1.29, 1.82) is 0 Å².